The summed E-state index contributed by atoms with van der Waals surface area (Å²) in [4.78, 5) is 25.2. The fourth-order valence-corrected chi connectivity index (χ4v) is 4.74. The Morgan fingerprint density at radius 3 is 1.43 bits per heavy atom. The zero-order valence-corrected chi connectivity index (χ0v) is 30.8. The predicted octanol–water partition coefficient (Wildman–Crippen LogP) is 4.56. The van der Waals surface area contributed by atoms with E-state index in [9.17, 15) is 19.8 Å². The highest BCUT2D eigenvalue weighted by molar-refractivity contribution is 6.02. The summed E-state index contributed by atoms with van der Waals surface area (Å²) >= 11 is 0. The van der Waals surface area contributed by atoms with Crippen LogP contribution in [0.2, 0.25) is 0 Å². The molecule has 0 aromatic heterocycles. The van der Waals surface area contributed by atoms with E-state index in [2.05, 4.69) is 5.32 Å². The topological polar surface area (TPSA) is 142 Å². The standard InChI is InChI=1S/C38H59NO10/c1-26(22-47-28(3)24-49-29(4)25-48-27(2)23-46-21-20-45-19-18-44-9)39-34(30-10-14-32(15-11-30)35(40)37(5,6)42)31-12-16-33(17-13-31)36(41)38(7,8)43/h10-17,26-29,34,39,42-43H,18-25H2,1-9H3. The van der Waals surface area contributed by atoms with Crippen molar-refractivity contribution < 1.29 is 48.2 Å². The number of ether oxygens (including phenoxy) is 6. The zero-order chi connectivity index (χ0) is 36.6. The summed E-state index contributed by atoms with van der Waals surface area (Å²) in [5.74, 6) is -0.730. The number of hydrogen-bond donors (Lipinski definition) is 3. The number of carbonyl (C=O) groups is 2. The number of nitrogens with one attached hydrogen (secondary N) is 1. The van der Waals surface area contributed by atoms with Crippen LogP contribution in [0.15, 0.2) is 48.5 Å². The summed E-state index contributed by atoms with van der Waals surface area (Å²) in [7, 11) is 1.64. The zero-order valence-electron chi connectivity index (χ0n) is 30.8. The molecule has 11 nitrogen and oxygen atoms in total. The lowest BCUT2D eigenvalue weighted by molar-refractivity contribution is -0.0838. The van der Waals surface area contributed by atoms with E-state index in [4.69, 9.17) is 28.4 Å². The van der Waals surface area contributed by atoms with Crippen LogP contribution in [0, 0.1) is 0 Å². The smallest absolute Gasteiger partial charge is 0.193 e. The van der Waals surface area contributed by atoms with Gasteiger partial charge in [0.1, 0.15) is 11.2 Å². The molecule has 0 aliphatic rings. The summed E-state index contributed by atoms with van der Waals surface area (Å²) in [5.41, 5.74) is -0.359. The van der Waals surface area contributed by atoms with Crippen LogP contribution in [0.5, 0.6) is 0 Å². The SMILES string of the molecule is COCCOCCOCC(C)OCC(C)OCC(C)OCC(C)NC(c1ccc(C(=O)C(C)(C)O)cc1)c1ccc(C(=O)C(C)(C)O)cc1. The predicted molar refractivity (Wildman–Crippen MR) is 188 cm³/mol. The molecule has 0 aliphatic heterocycles. The van der Waals surface area contributed by atoms with Crippen LogP contribution < -0.4 is 5.32 Å². The molecule has 0 radical (unpaired) electrons. The quantitative estimate of drug-likeness (QED) is 0.0998. The summed E-state index contributed by atoms with van der Waals surface area (Å²) in [6, 6.07) is 13.8. The summed E-state index contributed by atoms with van der Waals surface area (Å²) in [6.07, 6.45) is -0.360. The second-order valence-corrected chi connectivity index (χ2v) is 13.6. The van der Waals surface area contributed by atoms with Crippen molar-refractivity contribution in [1.29, 1.82) is 0 Å². The van der Waals surface area contributed by atoms with Crippen LogP contribution in [-0.2, 0) is 28.4 Å². The van der Waals surface area contributed by atoms with E-state index < -0.39 is 11.2 Å². The van der Waals surface area contributed by atoms with Crippen LogP contribution in [0.25, 0.3) is 0 Å². The number of rotatable bonds is 25. The molecule has 49 heavy (non-hydrogen) atoms. The van der Waals surface area contributed by atoms with Crippen molar-refractivity contribution in [2.45, 2.75) is 97.0 Å². The van der Waals surface area contributed by atoms with Gasteiger partial charge in [-0.25, -0.2) is 0 Å². The molecule has 4 unspecified atom stereocenters. The maximum Gasteiger partial charge on any atom is 0.193 e. The Balaban J connectivity index is 1.93. The van der Waals surface area contributed by atoms with E-state index in [0.29, 0.717) is 64.0 Å². The van der Waals surface area contributed by atoms with Gasteiger partial charge < -0.3 is 44.0 Å². The van der Waals surface area contributed by atoms with Gasteiger partial charge in [-0.05, 0) is 66.5 Å². The minimum absolute atomic E-state index is 0.0741. The van der Waals surface area contributed by atoms with E-state index in [-0.39, 0.29) is 42.0 Å². The van der Waals surface area contributed by atoms with Crippen LogP contribution in [0.4, 0.5) is 0 Å². The van der Waals surface area contributed by atoms with Gasteiger partial charge >= 0.3 is 0 Å². The average Bonchev–Trinajstić information content (AvgIpc) is 3.06. The number of Topliss-reactive ketones (excluding diaryl/α,β-unsaturated/α-hetero) is 2. The molecule has 2 aromatic carbocycles. The molecule has 0 bridgehead atoms. The number of benzene rings is 2. The van der Waals surface area contributed by atoms with E-state index in [0.717, 1.165) is 11.1 Å². The van der Waals surface area contributed by atoms with E-state index in [1.807, 2.05) is 52.0 Å². The van der Waals surface area contributed by atoms with Crippen LogP contribution in [0.1, 0.15) is 93.3 Å². The first-order chi connectivity index (χ1) is 23.0. The molecule has 4 atom stereocenters. The summed E-state index contributed by atoms with van der Waals surface area (Å²) in [5, 5.41) is 24.0. The molecule has 0 saturated heterocycles. The Labute approximate surface area is 292 Å². The van der Waals surface area contributed by atoms with Gasteiger partial charge in [0.2, 0.25) is 0 Å². The Bertz CT molecular complexity index is 1170. The Morgan fingerprint density at radius 1 is 0.612 bits per heavy atom. The van der Waals surface area contributed by atoms with Gasteiger partial charge in [0.25, 0.3) is 0 Å². The molecular weight excluding hydrogens is 630 g/mol. The Morgan fingerprint density at radius 2 is 1.00 bits per heavy atom. The average molecular weight is 690 g/mol. The minimum atomic E-state index is -1.48. The fraction of sp³-hybridized carbons (Fsp3) is 0.632. The van der Waals surface area contributed by atoms with Gasteiger partial charge in [-0.15, -0.1) is 0 Å². The van der Waals surface area contributed by atoms with Crippen molar-refractivity contribution in [3.05, 3.63) is 70.8 Å². The number of carbonyl (C=O) groups excluding carboxylic acids is 2. The molecular formula is C38H59NO10. The van der Waals surface area contributed by atoms with Crippen LogP contribution in [-0.4, -0.2) is 117 Å². The lowest BCUT2D eigenvalue weighted by atomic mass is 9.91. The third-order valence-electron chi connectivity index (χ3n) is 7.59. The highest BCUT2D eigenvalue weighted by Crippen LogP contribution is 2.26. The number of hydrogen-bond acceptors (Lipinski definition) is 11. The second kappa shape index (κ2) is 20.9. The highest BCUT2D eigenvalue weighted by Gasteiger charge is 2.27. The third kappa shape index (κ3) is 15.9. The molecule has 2 rings (SSSR count). The molecule has 2 aromatic rings. The normalized spacial score (nSPS) is 14.9. The molecule has 0 amide bonds. The van der Waals surface area contributed by atoms with Crippen molar-refractivity contribution >= 4 is 11.6 Å². The lowest BCUT2D eigenvalue weighted by Crippen LogP contribution is -2.36. The van der Waals surface area contributed by atoms with E-state index in [1.165, 1.54) is 27.7 Å². The number of aliphatic hydroxyl groups is 2. The molecule has 0 heterocycles. The van der Waals surface area contributed by atoms with Gasteiger partial charge in [0.15, 0.2) is 11.6 Å². The maximum absolute atomic E-state index is 12.6. The molecule has 0 fully saturated rings. The van der Waals surface area contributed by atoms with E-state index in [1.54, 1.807) is 31.4 Å². The van der Waals surface area contributed by atoms with Crippen molar-refractivity contribution in [2.24, 2.45) is 0 Å². The highest BCUT2D eigenvalue weighted by atomic mass is 16.6. The molecule has 0 spiro atoms. The summed E-state index contributed by atoms with van der Waals surface area (Å²) in [6.45, 7) is 17.6. The van der Waals surface area contributed by atoms with Crippen LogP contribution in [0.3, 0.4) is 0 Å². The first kappa shape index (κ1) is 42.6. The first-order valence-electron chi connectivity index (χ1n) is 17.0. The monoisotopic (exact) mass is 689 g/mol. The molecule has 3 N–H and O–H groups in total. The molecule has 0 saturated carbocycles. The first-order valence-corrected chi connectivity index (χ1v) is 17.0. The van der Waals surface area contributed by atoms with Crippen LogP contribution >= 0.6 is 0 Å². The largest absolute Gasteiger partial charge is 0.382 e. The number of methoxy groups -OCH3 is 1. The fourth-order valence-electron chi connectivity index (χ4n) is 4.74. The van der Waals surface area contributed by atoms with Crippen molar-refractivity contribution in [3.63, 3.8) is 0 Å². The van der Waals surface area contributed by atoms with Gasteiger partial charge in [-0.2, -0.15) is 0 Å². The number of ketones is 2. The van der Waals surface area contributed by atoms with Crippen molar-refractivity contribution in [3.8, 4) is 0 Å². The Kier molecular flexibility index (Phi) is 18.2. The van der Waals surface area contributed by atoms with Crippen molar-refractivity contribution in [2.75, 3.05) is 60.0 Å². The Hall–Kier alpha value is -2.58. The van der Waals surface area contributed by atoms with Crippen molar-refractivity contribution in [1.82, 2.24) is 5.32 Å². The second-order valence-electron chi connectivity index (χ2n) is 13.6. The minimum Gasteiger partial charge on any atom is -0.382 e. The van der Waals surface area contributed by atoms with Gasteiger partial charge in [-0.1, -0.05) is 48.5 Å². The lowest BCUT2D eigenvalue weighted by Gasteiger charge is -2.26. The van der Waals surface area contributed by atoms with Gasteiger partial charge in [-0.3, -0.25) is 9.59 Å². The maximum atomic E-state index is 12.6. The molecule has 276 valence electrons. The van der Waals surface area contributed by atoms with Gasteiger partial charge in [0.05, 0.1) is 77.2 Å². The van der Waals surface area contributed by atoms with E-state index >= 15 is 0 Å². The molecule has 11 heteroatoms. The third-order valence-corrected chi connectivity index (χ3v) is 7.59. The van der Waals surface area contributed by atoms with Gasteiger partial charge in [0, 0.05) is 24.3 Å². The molecule has 0 aliphatic carbocycles. The summed E-state index contributed by atoms with van der Waals surface area (Å²) < 4.78 is 33.9.